The van der Waals surface area contributed by atoms with Crippen LogP contribution in [0.25, 0.3) is 10.8 Å². The standard InChI is InChI=1S/C16H11ClN2OS/c17-15-9-8-12(21-15)10-18-19-16(20)14-7-3-5-11-4-1-2-6-13(11)14/h1-10H,(H,19,20)/b18-10-. The molecule has 3 aromatic rings. The second-order valence-corrected chi connectivity index (χ2v) is 6.11. The number of nitrogens with zero attached hydrogens (tertiary/aromatic N) is 1. The molecule has 0 unspecified atom stereocenters. The average Bonchev–Trinajstić information content (AvgIpc) is 2.92. The highest BCUT2D eigenvalue weighted by Gasteiger charge is 2.08. The number of carbonyl (C=O) groups is 1. The highest BCUT2D eigenvalue weighted by atomic mass is 35.5. The molecule has 3 nitrogen and oxygen atoms in total. The molecule has 1 N–H and O–H groups in total. The fourth-order valence-electron chi connectivity index (χ4n) is 2.04. The van der Waals surface area contributed by atoms with Crippen LogP contribution in [0.15, 0.2) is 59.7 Å². The van der Waals surface area contributed by atoms with E-state index in [9.17, 15) is 4.79 Å². The number of halogens is 1. The summed E-state index contributed by atoms with van der Waals surface area (Å²) in [5.41, 5.74) is 3.15. The summed E-state index contributed by atoms with van der Waals surface area (Å²) in [7, 11) is 0. The van der Waals surface area contributed by atoms with Gasteiger partial charge in [-0.25, -0.2) is 5.43 Å². The van der Waals surface area contributed by atoms with E-state index in [-0.39, 0.29) is 5.91 Å². The molecule has 1 amide bonds. The van der Waals surface area contributed by atoms with E-state index in [1.54, 1.807) is 18.3 Å². The molecule has 0 aliphatic heterocycles. The maximum atomic E-state index is 12.2. The minimum Gasteiger partial charge on any atom is -0.267 e. The van der Waals surface area contributed by atoms with E-state index in [0.717, 1.165) is 15.6 Å². The first-order valence-corrected chi connectivity index (χ1v) is 7.50. The molecule has 0 spiro atoms. The van der Waals surface area contributed by atoms with Crippen LogP contribution < -0.4 is 5.43 Å². The number of hydrogen-bond donors (Lipinski definition) is 1. The van der Waals surface area contributed by atoms with Gasteiger partial charge in [-0.15, -0.1) is 11.3 Å². The van der Waals surface area contributed by atoms with Crippen molar-refractivity contribution >= 4 is 45.8 Å². The lowest BCUT2D eigenvalue weighted by atomic mass is 10.0. The van der Waals surface area contributed by atoms with Gasteiger partial charge >= 0.3 is 0 Å². The molecule has 3 rings (SSSR count). The Labute approximate surface area is 130 Å². The molecule has 104 valence electrons. The number of nitrogens with one attached hydrogen (secondary N) is 1. The minimum absolute atomic E-state index is 0.231. The largest absolute Gasteiger partial charge is 0.271 e. The Bertz CT molecular complexity index is 821. The van der Waals surface area contributed by atoms with Gasteiger partial charge in [0.1, 0.15) is 0 Å². The molecule has 21 heavy (non-hydrogen) atoms. The highest BCUT2D eigenvalue weighted by molar-refractivity contribution is 7.17. The minimum atomic E-state index is -0.231. The monoisotopic (exact) mass is 314 g/mol. The van der Waals surface area contributed by atoms with E-state index < -0.39 is 0 Å². The fourth-order valence-corrected chi connectivity index (χ4v) is 2.97. The van der Waals surface area contributed by atoms with E-state index in [0.29, 0.717) is 9.90 Å². The van der Waals surface area contributed by atoms with Crippen LogP contribution >= 0.6 is 22.9 Å². The Hall–Kier alpha value is -2.17. The molecule has 0 radical (unpaired) electrons. The lowest BCUT2D eigenvalue weighted by Gasteiger charge is -2.04. The molecule has 5 heteroatoms. The van der Waals surface area contributed by atoms with E-state index >= 15 is 0 Å². The summed E-state index contributed by atoms with van der Waals surface area (Å²) in [4.78, 5) is 13.1. The molecule has 0 saturated heterocycles. The van der Waals surface area contributed by atoms with Crippen molar-refractivity contribution < 1.29 is 4.79 Å². The Morgan fingerprint density at radius 3 is 2.71 bits per heavy atom. The normalized spacial score (nSPS) is 11.1. The van der Waals surface area contributed by atoms with Crippen LogP contribution in [0.4, 0.5) is 0 Å². The van der Waals surface area contributed by atoms with E-state index in [1.807, 2.05) is 42.5 Å². The molecule has 0 aliphatic rings. The SMILES string of the molecule is O=C(N/N=C\c1ccc(Cl)s1)c1cccc2ccccc12. The molecule has 1 heterocycles. The third-order valence-corrected chi connectivity index (χ3v) is 4.15. The van der Waals surface area contributed by atoms with Crippen LogP contribution in [-0.2, 0) is 0 Å². The highest BCUT2D eigenvalue weighted by Crippen LogP contribution is 2.20. The molecule has 0 fully saturated rings. The molecule has 2 aromatic carbocycles. The zero-order chi connectivity index (χ0) is 14.7. The van der Waals surface area contributed by atoms with Crippen LogP contribution in [0.3, 0.4) is 0 Å². The van der Waals surface area contributed by atoms with Gasteiger partial charge in [0.2, 0.25) is 0 Å². The summed E-state index contributed by atoms with van der Waals surface area (Å²) in [6.45, 7) is 0. The molecule has 0 saturated carbocycles. The predicted octanol–water partition coefficient (Wildman–Crippen LogP) is 4.32. The number of hydrogen-bond acceptors (Lipinski definition) is 3. The van der Waals surface area contributed by atoms with Crippen LogP contribution in [-0.4, -0.2) is 12.1 Å². The summed E-state index contributed by atoms with van der Waals surface area (Å²) >= 11 is 7.24. The lowest BCUT2D eigenvalue weighted by Crippen LogP contribution is -2.17. The summed E-state index contributed by atoms with van der Waals surface area (Å²) in [6, 6.07) is 17.0. The number of rotatable bonds is 3. The summed E-state index contributed by atoms with van der Waals surface area (Å²) < 4.78 is 0.692. The van der Waals surface area contributed by atoms with Crippen LogP contribution in [0.5, 0.6) is 0 Å². The van der Waals surface area contributed by atoms with Crippen molar-refractivity contribution in [1.29, 1.82) is 0 Å². The Kier molecular flexibility index (Phi) is 3.99. The van der Waals surface area contributed by atoms with Crippen molar-refractivity contribution in [2.24, 2.45) is 5.10 Å². The number of amides is 1. The van der Waals surface area contributed by atoms with Gasteiger partial charge in [-0.05, 0) is 29.0 Å². The van der Waals surface area contributed by atoms with E-state index in [4.69, 9.17) is 11.6 Å². The van der Waals surface area contributed by atoms with Gasteiger partial charge in [-0.1, -0.05) is 48.0 Å². The van der Waals surface area contributed by atoms with Crippen molar-refractivity contribution in [3.8, 4) is 0 Å². The average molecular weight is 315 g/mol. The number of fused-ring (bicyclic) bond motifs is 1. The number of hydrazone groups is 1. The van der Waals surface area contributed by atoms with Crippen molar-refractivity contribution in [3.63, 3.8) is 0 Å². The zero-order valence-electron chi connectivity index (χ0n) is 10.9. The topological polar surface area (TPSA) is 41.5 Å². The first-order valence-electron chi connectivity index (χ1n) is 6.30. The van der Waals surface area contributed by atoms with Gasteiger partial charge < -0.3 is 0 Å². The van der Waals surface area contributed by atoms with E-state index in [1.165, 1.54) is 11.3 Å². The smallest absolute Gasteiger partial charge is 0.267 e. The molecule has 1 aromatic heterocycles. The molecular formula is C16H11ClN2OS. The predicted molar refractivity (Wildman–Crippen MR) is 88.3 cm³/mol. The summed E-state index contributed by atoms with van der Waals surface area (Å²) in [5.74, 6) is -0.231. The summed E-state index contributed by atoms with van der Waals surface area (Å²) in [5, 5.41) is 5.90. The molecule has 0 atom stereocenters. The third kappa shape index (κ3) is 3.12. The van der Waals surface area contributed by atoms with Crippen molar-refractivity contribution in [2.75, 3.05) is 0 Å². The van der Waals surface area contributed by atoms with E-state index in [2.05, 4.69) is 10.5 Å². The van der Waals surface area contributed by atoms with Gasteiger partial charge in [0, 0.05) is 10.4 Å². The van der Waals surface area contributed by atoms with Crippen molar-refractivity contribution in [3.05, 3.63) is 69.4 Å². The number of thiophene rings is 1. The zero-order valence-corrected chi connectivity index (χ0v) is 12.5. The molecule has 0 bridgehead atoms. The van der Waals surface area contributed by atoms with Gasteiger partial charge in [-0.2, -0.15) is 5.10 Å². The maximum absolute atomic E-state index is 12.2. The Morgan fingerprint density at radius 1 is 1.10 bits per heavy atom. The number of benzene rings is 2. The first kappa shape index (κ1) is 13.8. The van der Waals surface area contributed by atoms with Crippen LogP contribution in [0.1, 0.15) is 15.2 Å². The van der Waals surface area contributed by atoms with Gasteiger partial charge in [0.15, 0.2) is 0 Å². The summed E-state index contributed by atoms with van der Waals surface area (Å²) in [6.07, 6.45) is 1.58. The van der Waals surface area contributed by atoms with Crippen LogP contribution in [0.2, 0.25) is 4.34 Å². The number of carbonyl (C=O) groups excluding carboxylic acids is 1. The van der Waals surface area contributed by atoms with Crippen molar-refractivity contribution in [2.45, 2.75) is 0 Å². The van der Waals surface area contributed by atoms with Gasteiger partial charge in [0.25, 0.3) is 5.91 Å². The second-order valence-electron chi connectivity index (χ2n) is 4.37. The third-order valence-electron chi connectivity index (χ3n) is 2.99. The van der Waals surface area contributed by atoms with Gasteiger partial charge in [0.05, 0.1) is 10.6 Å². The first-order chi connectivity index (χ1) is 10.2. The Balaban J connectivity index is 1.80. The maximum Gasteiger partial charge on any atom is 0.271 e. The van der Waals surface area contributed by atoms with Crippen molar-refractivity contribution in [1.82, 2.24) is 5.43 Å². The fraction of sp³-hybridized carbons (Fsp3) is 0. The van der Waals surface area contributed by atoms with Gasteiger partial charge in [-0.3, -0.25) is 4.79 Å². The quantitative estimate of drug-likeness (QED) is 0.568. The van der Waals surface area contributed by atoms with Crippen LogP contribution in [0, 0.1) is 0 Å². The lowest BCUT2D eigenvalue weighted by molar-refractivity contribution is 0.0957. The molecule has 0 aliphatic carbocycles. The second kappa shape index (κ2) is 6.08. The Morgan fingerprint density at radius 2 is 1.90 bits per heavy atom. The molecular weight excluding hydrogens is 304 g/mol.